The van der Waals surface area contributed by atoms with Crippen molar-refractivity contribution in [2.75, 3.05) is 0 Å². The quantitative estimate of drug-likeness (QED) is 0.517. The number of nitrogens with one attached hydrogen (secondary N) is 1. The number of benzene rings is 1. The lowest BCUT2D eigenvalue weighted by atomic mass is 9.94. The minimum Gasteiger partial charge on any atom is -0.329 e. The van der Waals surface area contributed by atoms with Crippen molar-refractivity contribution >= 4 is 5.91 Å². The number of halogens is 13. The van der Waals surface area contributed by atoms with E-state index in [1.807, 2.05) is 0 Å². The number of hydrogen-bond acceptors (Lipinski definition) is 1. The van der Waals surface area contributed by atoms with Gasteiger partial charge in [-0.25, -0.2) is 0 Å². The molecule has 0 atom stereocenters. The van der Waals surface area contributed by atoms with Gasteiger partial charge in [0, 0.05) is 17.8 Å². The molecule has 0 saturated heterocycles. The van der Waals surface area contributed by atoms with Crippen LogP contribution in [-0.4, -0.2) is 41.7 Å². The van der Waals surface area contributed by atoms with Gasteiger partial charge in [-0.2, -0.15) is 57.1 Å². The van der Waals surface area contributed by atoms with Crippen LogP contribution in [0.4, 0.5) is 57.1 Å². The van der Waals surface area contributed by atoms with Gasteiger partial charge >= 0.3 is 35.8 Å². The van der Waals surface area contributed by atoms with Gasteiger partial charge in [0.1, 0.15) is 0 Å². The van der Waals surface area contributed by atoms with E-state index in [1.54, 1.807) is 0 Å². The van der Waals surface area contributed by atoms with Gasteiger partial charge < -0.3 is 5.32 Å². The number of hydrogen-bond donors (Lipinski definition) is 1. The number of amides is 1. The van der Waals surface area contributed by atoms with E-state index in [-0.39, 0.29) is 11.8 Å². The highest BCUT2D eigenvalue weighted by Gasteiger charge is 2.90. The summed E-state index contributed by atoms with van der Waals surface area (Å²) < 4.78 is 167. The minimum absolute atomic E-state index is 0.251. The average Bonchev–Trinajstić information content (AvgIpc) is 2.60. The second-order valence-electron chi connectivity index (χ2n) is 5.59. The fourth-order valence-electron chi connectivity index (χ4n) is 1.78. The summed E-state index contributed by atoms with van der Waals surface area (Å²) in [4.78, 5) is 11.5. The highest BCUT2D eigenvalue weighted by Crippen LogP contribution is 2.60. The maximum absolute atomic E-state index is 13.4. The van der Waals surface area contributed by atoms with Gasteiger partial charge in [0.2, 0.25) is 0 Å². The molecular weight excluding hydrogens is 457 g/mol. The summed E-state index contributed by atoms with van der Waals surface area (Å²) in [5.41, 5.74) is -0.251. The van der Waals surface area contributed by atoms with E-state index in [0.717, 1.165) is 12.1 Å². The molecule has 1 N–H and O–H groups in total. The fourth-order valence-corrected chi connectivity index (χ4v) is 1.78. The van der Waals surface area contributed by atoms with Crippen molar-refractivity contribution < 1.29 is 61.9 Å². The Morgan fingerprint density at radius 3 is 1.53 bits per heavy atom. The van der Waals surface area contributed by atoms with Crippen molar-refractivity contribution in [1.82, 2.24) is 5.32 Å². The van der Waals surface area contributed by atoms with E-state index in [9.17, 15) is 61.9 Å². The van der Waals surface area contributed by atoms with Crippen LogP contribution in [0.25, 0.3) is 0 Å². The van der Waals surface area contributed by atoms with E-state index < -0.39 is 47.8 Å². The van der Waals surface area contributed by atoms with Crippen molar-refractivity contribution in [2.24, 2.45) is 0 Å². The maximum Gasteiger partial charge on any atom is 0.460 e. The molecule has 0 aromatic heterocycles. The van der Waals surface area contributed by atoms with Gasteiger partial charge in [-0.1, -0.05) is 18.2 Å². The first-order valence-electron chi connectivity index (χ1n) is 7.23. The minimum atomic E-state index is -7.97. The monoisotopic (exact) mass is 465 g/mol. The molecule has 1 aromatic carbocycles. The molecule has 0 saturated carbocycles. The van der Waals surface area contributed by atoms with Gasteiger partial charge in [-0.3, -0.25) is 4.79 Å². The van der Waals surface area contributed by atoms with Crippen molar-refractivity contribution in [3.63, 3.8) is 0 Å². The summed E-state index contributed by atoms with van der Waals surface area (Å²) in [6.07, 6.45) is -9.12. The number of carbonyl (C=O) groups is 1. The average molecular weight is 465 g/mol. The number of allylic oxidation sites excluding steroid dienone is 1. The Kier molecular flexibility index (Phi) is 6.52. The van der Waals surface area contributed by atoms with E-state index in [4.69, 9.17) is 0 Å². The summed E-state index contributed by atoms with van der Waals surface area (Å²) in [5, 5.41) is 1.38. The van der Waals surface area contributed by atoms with E-state index in [0.29, 0.717) is 0 Å². The molecule has 30 heavy (non-hydrogen) atoms. The highest BCUT2D eigenvalue weighted by molar-refractivity contribution is 5.94. The molecule has 1 rings (SSSR count). The fraction of sp³-hybridized carbons (Fsp3) is 0.400. The topological polar surface area (TPSA) is 29.1 Å². The second kappa shape index (κ2) is 7.65. The summed E-state index contributed by atoms with van der Waals surface area (Å²) in [6.45, 7) is 0. The van der Waals surface area contributed by atoms with Gasteiger partial charge in [0.15, 0.2) is 0 Å². The molecular formula is C15H8F13NO. The third-order valence-corrected chi connectivity index (χ3v) is 3.50. The lowest BCUT2D eigenvalue weighted by Crippen LogP contribution is -2.69. The predicted molar refractivity (Wildman–Crippen MR) is 73.8 cm³/mol. The number of rotatable bonds is 7. The molecule has 170 valence electrons. The Labute approximate surface area is 158 Å². The zero-order valence-electron chi connectivity index (χ0n) is 13.9. The molecule has 0 bridgehead atoms. The van der Waals surface area contributed by atoms with E-state index in [2.05, 4.69) is 0 Å². The highest BCUT2D eigenvalue weighted by atomic mass is 19.4. The summed E-state index contributed by atoms with van der Waals surface area (Å²) in [7, 11) is 0. The molecule has 15 heteroatoms. The lowest BCUT2D eigenvalue weighted by molar-refractivity contribution is -0.436. The van der Waals surface area contributed by atoms with Crippen LogP contribution in [-0.2, 0) is 0 Å². The SMILES string of the molecule is O=C(N/C=C/C(F)(F)C(F)(F)C(F)(F)C(F)(F)C(F)(F)C(F)(F)F)c1ccccc1. The first kappa shape index (κ1) is 25.6. The van der Waals surface area contributed by atoms with Crippen LogP contribution in [0.2, 0.25) is 0 Å². The second-order valence-corrected chi connectivity index (χ2v) is 5.59. The van der Waals surface area contributed by atoms with Crippen LogP contribution in [0, 0.1) is 0 Å². The first-order valence-corrected chi connectivity index (χ1v) is 7.23. The molecule has 0 radical (unpaired) electrons. The van der Waals surface area contributed by atoms with Crippen LogP contribution in [0.15, 0.2) is 42.6 Å². The van der Waals surface area contributed by atoms with Crippen LogP contribution in [0.3, 0.4) is 0 Å². The summed E-state index contributed by atoms with van der Waals surface area (Å²) in [5.74, 6) is -38.7. The van der Waals surface area contributed by atoms with Crippen molar-refractivity contribution in [2.45, 2.75) is 35.8 Å². The van der Waals surface area contributed by atoms with Crippen LogP contribution in [0.1, 0.15) is 10.4 Å². The Bertz CT molecular complexity index is 783. The third kappa shape index (κ3) is 4.05. The maximum atomic E-state index is 13.4. The van der Waals surface area contributed by atoms with Gasteiger partial charge in [-0.15, -0.1) is 0 Å². The molecule has 1 aromatic rings. The summed E-state index contributed by atoms with van der Waals surface area (Å²) >= 11 is 0. The van der Waals surface area contributed by atoms with Gasteiger partial charge in [0.25, 0.3) is 5.91 Å². The van der Waals surface area contributed by atoms with Crippen molar-refractivity contribution in [3.8, 4) is 0 Å². The first-order chi connectivity index (χ1) is 13.2. The Hall–Kier alpha value is -2.48. The number of carbonyl (C=O) groups excluding carboxylic acids is 1. The molecule has 0 aliphatic carbocycles. The summed E-state index contributed by atoms with van der Waals surface area (Å²) in [6, 6.07) is 6.11. The zero-order valence-corrected chi connectivity index (χ0v) is 13.9. The molecule has 0 heterocycles. The van der Waals surface area contributed by atoms with E-state index >= 15 is 0 Å². The van der Waals surface area contributed by atoms with Crippen molar-refractivity contribution in [1.29, 1.82) is 0 Å². The molecule has 1 amide bonds. The standard InChI is InChI=1S/C15H8F13NO/c16-10(17,6-7-29-9(30)8-4-2-1-3-5-8)11(18,19)12(20,21)13(22,23)14(24,25)15(26,27)28/h1-7H,(H,29,30)/b7-6+. The molecule has 2 nitrogen and oxygen atoms in total. The van der Waals surface area contributed by atoms with Gasteiger partial charge in [-0.05, 0) is 12.1 Å². The lowest BCUT2D eigenvalue weighted by Gasteiger charge is -2.39. The molecule has 0 unspecified atom stereocenters. The molecule has 0 aliphatic heterocycles. The molecule has 0 aliphatic rings. The normalized spacial score (nSPS) is 14.8. The van der Waals surface area contributed by atoms with Crippen LogP contribution < -0.4 is 5.32 Å². The Balaban J connectivity index is 3.21. The van der Waals surface area contributed by atoms with E-state index in [1.165, 1.54) is 23.5 Å². The van der Waals surface area contributed by atoms with Crippen LogP contribution >= 0.6 is 0 Å². The Morgan fingerprint density at radius 1 is 0.667 bits per heavy atom. The largest absolute Gasteiger partial charge is 0.460 e. The predicted octanol–water partition coefficient (Wildman–Crippen LogP) is 5.67. The number of alkyl halides is 13. The third-order valence-electron chi connectivity index (χ3n) is 3.50. The molecule has 0 fully saturated rings. The zero-order chi connectivity index (χ0) is 23.8. The van der Waals surface area contributed by atoms with Crippen LogP contribution in [0.5, 0.6) is 0 Å². The molecule has 0 spiro atoms. The van der Waals surface area contributed by atoms with Crippen molar-refractivity contribution in [3.05, 3.63) is 48.2 Å². The Morgan fingerprint density at radius 2 is 1.10 bits per heavy atom. The smallest absolute Gasteiger partial charge is 0.329 e. The van der Waals surface area contributed by atoms with Gasteiger partial charge in [0.05, 0.1) is 0 Å².